The summed E-state index contributed by atoms with van der Waals surface area (Å²) in [5.74, 6) is -0.937. The zero-order chi connectivity index (χ0) is 12.5. The molecule has 2 unspecified atom stereocenters. The molecule has 0 aromatic carbocycles. The Morgan fingerprint density at radius 1 is 1.65 bits per heavy atom. The molecule has 1 fully saturated rings. The van der Waals surface area contributed by atoms with E-state index in [4.69, 9.17) is 14.3 Å². The second-order valence-corrected chi connectivity index (χ2v) is 4.45. The highest BCUT2D eigenvalue weighted by molar-refractivity contribution is 5.89. The second-order valence-electron chi connectivity index (χ2n) is 4.45. The number of aliphatic hydroxyl groups is 1. The molecule has 1 aromatic rings. The molecule has 0 saturated heterocycles. The van der Waals surface area contributed by atoms with Crippen molar-refractivity contribution in [1.82, 2.24) is 0 Å². The molecule has 0 spiro atoms. The van der Waals surface area contributed by atoms with Gasteiger partial charge in [0.05, 0.1) is 12.4 Å². The summed E-state index contributed by atoms with van der Waals surface area (Å²) < 4.78 is 10.4. The maximum Gasteiger partial charge on any atom is 0.339 e. The van der Waals surface area contributed by atoms with Gasteiger partial charge in [0.25, 0.3) is 0 Å². The monoisotopic (exact) mass is 240 g/mol. The molecule has 2 rings (SSSR count). The van der Waals surface area contributed by atoms with Crippen LogP contribution in [0.4, 0.5) is 0 Å². The number of furan rings is 1. The minimum Gasteiger partial charge on any atom is -0.478 e. The predicted molar refractivity (Wildman–Crippen MR) is 58.8 cm³/mol. The van der Waals surface area contributed by atoms with Crippen LogP contribution in [0.15, 0.2) is 16.7 Å². The Bertz CT molecular complexity index is 411. The molecule has 17 heavy (non-hydrogen) atoms. The Morgan fingerprint density at radius 3 is 3.06 bits per heavy atom. The van der Waals surface area contributed by atoms with Gasteiger partial charge in [-0.15, -0.1) is 0 Å². The Hall–Kier alpha value is -1.33. The second kappa shape index (κ2) is 4.50. The summed E-state index contributed by atoms with van der Waals surface area (Å²) >= 11 is 0. The Labute approximate surface area is 99.0 Å². The minimum atomic E-state index is -1.23. The van der Waals surface area contributed by atoms with Crippen molar-refractivity contribution >= 4 is 5.97 Å². The first-order valence-corrected chi connectivity index (χ1v) is 5.63. The van der Waals surface area contributed by atoms with Crippen molar-refractivity contribution in [2.45, 2.75) is 37.4 Å². The van der Waals surface area contributed by atoms with Crippen LogP contribution in [0.3, 0.4) is 0 Å². The molecule has 0 radical (unpaired) electrons. The smallest absolute Gasteiger partial charge is 0.339 e. The highest BCUT2D eigenvalue weighted by Gasteiger charge is 2.41. The first kappa shape index (κ1) is 12.1. The number of aromatic carboxylic acids is 1. The predicted octanol–water partition coefficient (Wildman–Crippen LogP) is 1.75. The standard InChI is InChI=1S/C12H16O5/c1-16-8-3-2-5-12(15,7-8)10-9(11(13)14)4-6-17-10/h4,6,8,15H,2-3,5,7H2,1H3,(H,13,14). The van der Waals surface area contributed by atoms with Crippen LogP contribution >= 0.6 is 0 Å². The number of carboxylic acids is 1. The molecule has 1 aromatic heterocycles. The topological polar surface area (TPSA) is 79.9 Å². The average Bonchev–Trinajstić information content (AvgIpc) is 2.78. The van der Waals surface area contributed by atoms with Gasteiger partial charge in [-0.1, -0.05) is 0 Å². The molecule has 1 aliphatic rings. The lowest BCUT2D eigenvalue weighted by atomic mass is 9.80. The van der Waals surface area contributed by atoms with Gasteiger partial charge in [-0.3, -0.25) is 0 Å². The molecule has 2 N–H and O–H groups in total. The zero-order valence-corrected chi connectivity index (χ0v) is 9.68. The Balaban J connectivity index is 2.30. The number of hydrogen-bond acceptors (Lipinski definition) is 4. The SMILES string of the molecule is COC1CCCC(O)(c2occc2C(=O)O)C1. The van der Waals surface area contributed by atoms with E-state index < -0.39 is 11.6 Å². The number of carbonyl (C=O) groups is 1. The first-order chi connectivity index (χ1) is 8.07. The molecule has 1 saturated carbocycles. The molecule has 2 atom stereocenters. The van der Waals surface area contributed by atoms with E-state index in [0.29, 0.717) is 12.8 Å². The van der Waals surface area contributed by atoms with Crippen molar-refractivity contribution in [1.29, 1.82) is 0 Å². The molecular weight excluding hydrogens is 224 g/mol. The van der Waals surface area contributed by atoms with Gasteiger partial charge in [-0.25, -0.2) is 4.79 Å². The summed E-state index contributed by atoms with van der Waals surface area (Å²) in [6.07, 6.45) is 3.78. The third kappa shape index (κ3) is 2.21. The fourth-order valence-electron chi connectivity index (χ4n) is 2.45. The van der Waals surface area contributed by atoms with E-state index in [1.807, 2.05) is 0 Å². The molecule has 1 aliphatic carbocycles. The van der Waals surface area contributed by atoms with E-state index in [9.17, 15) is 9.90 Å². The van der Waals surface area contributed by atoms with Gasteiger partial charge >= 0.3 is 5.97 Å². The van der Waals surface area contributed by atoms with Crippen LogP contribution in [-0.4, -0.2) is 29.4 Å². The van der Waals surface area contributed by atoms with Crippen LogP contribution < -0.4 is 0 Å². The molecule has 1 heterocycles. The summed E-state index contributed by atoms with van der Waals surface area (Å²) in [5, 5.41) is 19.5. The third-order valence-corrected chi connectivity index (χ3v) is 3.33. The van der Waals surface area contributed by atoms with Crippen molar-refractivity contribution in [3.05, 3.63) is 23.7 Å². The quantitative estimate of drug-likeness (QED) is 0.841. The zero-order valence-electron chi connectivity index (χ0n) is 9.68. The fourth-order valence-corrected chi connectivity index (χ4v) is 2.45. The lowest BCUT2D eigenvalue weighted by Crippen LogP contribution is -2.36. The summed E-state index contributed by atoms with van der Waals surface area (Å²) in [5.41, 5.74) is -1.19. The van der Waals surface area contributed by atoms with Crippen LogP contribution in [-0.2, 0) is 10.3 Å². The van der Waals surface area contributed by atoms with Gasteiger partial charge in [0.1, 0.15) is 16.9 Å². The van der Waals surface area contributed by atoms with E-state index in [1.165, 1.54) is 12.3 Å². The molecule has 5 heteroatoms. The van der Waals surface area contributed by atoms with Gasteiger partial charge in [0, 0.05) is 13.5 Å². The van der Waals surface area contributed by atoms with Crippen LogP contribution in [0.2, 0.25) is 0 Å². The van der Waals surface area contributed by atoms with Crippen molar-refractivity contribution in [2.75, 3.05) is 7.11 Å². The summed E-state index contributed by atoms with van der Waals surface area (Å²) in [4.78, 5) is 11.0. The van der Waals surface area contributed by atoms with E-state index in [1.54, 1.807) is 7.11 Å². The maximum absolute atomic E-state index is 11.0. The molecule has 0 amide bonds. The number of carboxylic acid groups (broad SMARTS) is 1. The van der Waals surface area contributed by atoms with E-state index in [0.717, 1.165) is 12.8 Å². The lowest BCUT2D eigenvalue weighted by molar-refractivity contribution is -0.0756. The Morgan fingerprint density at radius 2 is 2.41 bits per heavy atom. The van der Waals surface area contributed by atoms with Crippen molar-refractivity contribution in [3.8, 4) is 0 Å². The van der Waals surface area contributed by atoms with Gasteiger partial charge in [-0.2, -0.15) is 0 Å². The van der Waals surface area contributed by atoms with Gasteiger partial charge in [0.2, 0.25) is 0 Å². The molecule has 0 aliphatic heterocycles. The lowest BCUT2D eigenvalue weighted by Gasteiger charge is -2.34. The average molecular weight is 240 g/mol. The fraction of sp³-hybridized carbons (Fsp3) is 0.583. The molecule has 5 nitrogen and oxygen atoms in total. The minimum absolute atomic E-state index is 0.0317. The van der Waals surface area contributed by atoms with Crippen LogP contribution in [0, 0.1) is 0 Å². The van der Waals surface area contributed by atoms with Crippen molar-refractivity contribution in [3.63, 3.8) is 0 Å². The molecule has 0 bridgehead atoms. The summed E-state index contributed by atoms with van der Waals surface area (Å²) in [7, 11) is 1.59. The number of hydrogen-bond donors (Lipinski definition) is 2. The van der Waals surface area contributed by atoms with Gasteiger partial charge < -0.3 is 19.4 Å². The number of rotatable bonds is 3. The molecular formula is C12H16O5. The van der Waals surface area contributed by atoms with E-state index in [2.05, 4.69) is 0 Å². The van der Waals surface area contributed by atoms with Crippen LogP contribution in [0.1, 0.15) is 41.8 Å². The van der Waals surface area contributed by atoms with Crippen molar-refractivity contribution < 1.29 is 24.2 Å². The first-order valence-electron chi connectivity index (χ1n) is 5.63. The maximum atomic E-state index is 11.0. The molecule has 94 valence electrons. The summed E-state index contributed by atoms with van der Waals surface area (Å²) in [6.45, 7) is 0. The third-order valence-electron chi connectivity index (χ3n) is 3.33. The van der Waals surface area contributed by atoms with E-state index in [-0.39, 0.29) is 17.4 Å². The van der Waals surface area contributed by atoms with Crippen LogP contribution in [0.25, 0.3) is 0 Å². The summed E-state index contributed by atoms with van der Waals surface area (Å²) in [6, 6.07) is 1.37. The largest absolute Gasteiger partial charge is 0.478 e. The Kier molecular flexibility index (Phi) is 3.22. The highest BCUT2D eigenvalue weighted by Crippen LogP contribution is 2.39. The van der Waals surface area contributed by atoms with Gasteiger partial charge in [0.15, 0.2) is 0 Å². The highest BCUT2D eigenvalue weighted by atomic mass is 16.5. The van der Waals surface area contributed by atoms with Gasteiger partial charge in [-0.05, 0) is 25.3 Å². The normalized spacial score (nSPS) is 29.2. The number of ether oxygens (including phenoxy) is 1. The van der Waals surface area contributed by atoms with Crippen molar-refractivity contribution in [2.24, 2.45) is 0 Å². The van der Waals surface area contributed by atoms with Crippen LogP contribution in [0.5, 0.6) is 0 Å². The number of methoxy groups -OCH3 is 1. The van der Waals surface area contributed by atoms with E-state index >= 15 is 0 Å².